The zero-order chi connectivity index (χ0) is 13.5. The third-order valence-corrected chi connectivity index (χ3v) is 2.76. The number of nitrogens with two attached hydrogens (primary N) is 1. The first kappa shape index (κ1) is 14.5. The lowest BCUT2D eigenvalue weighted by Gasteiger charge is -2.24. The van der Waals surface area contributed by atoms with Crippen LogP contribution in [0, 0.1) is 0 Å². The summed E-state index contributed by atoms with van der Waals surface area (Å²) in [5, 5.41) is 3.39. The van der Waals surface area contributed by atoms with Crippen LogP contribution in [-0.4, -0.2) is 25.0 Å². The minimum atomic E-state index is -0.302. The Kier molecular flexibility index (Phi) is 5.65. The van der Waals surface area contributed by atoms with Gasteiger partial charge in [-0.25, -0.2) is 0 Å². The molecule has 0 aromatic heterocycles. The van der Waals surface area contributed by atoms with Crippen molar-refractivity contribution in [1.82, 2.24) is 5.32 Å². The van der Waals surface area contributed by atoms with E-state index in [0.717, 1.165) is 18.8 Å². The van der Waals surface area contributed by atoms with Gasteiger partial charge in [0, 0.05) is 24.8 Å². The van der Waals surface area contributed by atoms with Crippen molar-refractivity contribution >= 4 is 11.6 Å². The molecular weight excluding hydrogens is 226 g/mol. The summed E-state index contributed by atoms with van der Waals surface area (Å²) in [5.74, 6) is -0.302. The van der Waals surface area contributed by atoms with Crippen molar-refractivity contribution in [2.45, 2.75) is 33.4 Å². The Bertz CT molecular complexity index is 390. The summed E-state index contributed by atoms with van der Waals surface area (Å²) in [6, 6.07) is 8.54. The number of hydrogen-bond donors (Lipinski definition) is 2. The first-order valence-corrected chi connectivity index (χ1v) is 6.39. The zero-order valence-corrected chi connectivity index (χ0v) is 11.4. The average molecular weight is 249 g/mol. The maximum atomic E-state index is 11.1. The van der Waals surface area contributed by atoms with Crippen LogP contribution >= 0.6 is 0 Å². The van der Waals surface area contributed by atoms with E-state index < -0.39 is 0 Å². The quantitative estimate of drug-likeness (QED) is 0.770. The number of primary amides is 1. The molecule has 0 aliphatic carbocycles. The Morgan fingerprint density at radius 2 is 2.06 bits per heavy atom. The second-order valence-electron chi connectivity index (χ2n) is 4.64. The van der Waals surface area contributed by atoms with Crippen LogP contribution < -0.4 is 16.0 Å². The molecule has 0 aliphatic rings. The van der Waals surface area contributed by atoms with Crippen molar-refractivity contribution in [1.29, 1.82) is 0 Å². The highest BCUT2D eigenvalue weighted by Crippen LogP contribution is 2.20. The molecule has 0 saturated heterocycles. The van der Waals surface area contributed by atoms with E-state index in [1.165, 1.54) is 5.56 Å². The molecule has 1 rings (SSSR count). The number of hydrogen-bond acceptors (Lipinski definition) is 3. The predicted molar refractivity (Wildman–Crippen MR) is 75.5 cm³/mol. The van der Waals surface area contributed by atoms with Gasteiger partial charge in [0.15, 0.2) is 0 Å². The van der Waals surface area contributed by atoms with Crippen LogP contribution in [-0.2, 0) is 11.3 Å². The van der Waals surface area contributed by atoms with Gasteiger partial charge in [-0.05, 0) is 18.6 Å². The number of benzene rings is 1. The molecule has 0 atom stereocenters. The van der Waals surface area contributed by atoms with Crippen LogP contribution in [0.4, 0.5) is 5.69 Å². The lowest BCUT2D eigenvalue weighted by molar-refractivity contribution is -0.116. The van der Waals surface area contributed by atoms with Crippen molar-refractivity contribution < 1.29 is 4.79 Å². The van der Waals surface area contributed by atoms with Crippen LogP contribution in [0.3, 0.4) is 0 Å². The smallest absolute Gasteiger partial charge is 0.236 e. The summed E-state index contributed by atoms with van der Waals surface area (Å²) >= 11 is 0. The number of likely N-dealkylation sites (N-methyl/N-ethyl adjacent to an activating group) is 1. The highest BCUT2D eigenvalue weighted by molar-refractivity contribution is 5.79. The molecule has 0 aliphatic heterocycles. The second kappa shape index (κ2) is 7.01. The Balaban J connectivity index is 2.88. The first-order valence-electron chi connectivity index (χ1n) is 6.39. The summed E-state index contributed by atoms with van der Waals surface area (Å²) in [6.45, 7) is 8.07. The molecule has 0 fully saturated rings. The fraction of sp³-hybridized carbons (Fsp3) is 0.500. The van der Waals surface area contributed by atoms with Gasteiger partial charge in [0.05, 0.1) is 6.54 Å². The van der Waals surface area contributed by atoms with Crippen molar-refractivity contribution in [2.75, 3.05) is 18.0 Å². The number of nitrogens with zero attached hydrogens (tertiary/aromatic N) is 1. The third kappa shape index (κ3) is 4.37. The predicted octanol–water partition coefficient (Wildman–Crippen LogP) is 1.50. The maximum Gasteiger partial charge on any atom is 0.236 e. The lowest BCUT2D eigenvalue weighted by atomic mass is 10.1. The number of para-hydroxylation sites is 1. The Morgan fingerprint density at radius 1 is 1.39 bits per heavy atom. The molecule has 0 radical (unpaired) electrons. The molecule has 1 amide bonds. The standard InChI is InChI=1S/C14H23N3O/c1-4-17(10-14(15)18)13-8-6-5-7-12(13)9-16-11(2)3/h5-8,11,16H,4,9-10H2,1-3H3,(H2,15,18). The summed E-state index contributed by atoms with van der Waals surface area (Å²) in [4.78, 5) is 13.1. The maximum absolute atomic E-state index is 11.1. The number of anilines is 1. The van der Waals surface area contributed by atoms with E-state index in [9.17, 15) is 4.79 Å². The minimum Gasteiger partial charge on any atom is -0.368 e. The van der Waals surface area contributed by atoms with Gasteiger partial charge in [-0.3, -0.25) is 4.79 Å². The van der Waals surface area contributed by atoms with E-state index >= 15 is 0 Å². The third-order valence-electron chi connectivity index (χ3n) is 2.76. The van der Waals surface area contributed by atoms with Crippen LogP contribution in [0.1, 0.15) is 26.3 Å². The fourth-order valence-electron chi connectivity index (χ4n) is 1.84. The van der Waals surface area contributed by atoms with Crippen molar-refractivity contribution in [3.05, 3.63) is 29.8 Å². The Hall–Kier alpha value is -1.55. The van der Waals surface area contributed by atoms with E-state index in [2.05, 4.69) is 25.2 Å². The topological polar surface area (TPSA) is 58.4 Å². The van der Waals surface area contributed by atoms with Gasteiger partial charge in [-0.15, -0.1) is 0 Å². The molecule has 1 aromatic rings. The van der Waals surface area contributed by atoms with Gasteiger partial charge in [0.2, 0.25) is 5.91 Å². The van der Waals surface area contributed by atoms with Crippen molar-refractivity contribution in [2.24, 2.45) is 5.73 Å². The molecule has 1 aromatic carbocycles. The summed E-state index contributed by atoms with van der Waals surface area (Å²) in [6.07, 6.45) is 0. The van der Waals surface area contributed by atoms with Crippen LogP contribution in [0.2, 0.25) is 0 Å². The molecule has 0 bridgehead atoms. The molecule has 0 unspecified atom stereocenters. The Morgan fingerprint density at radius 3 is 2.61 bits per heavy atom. The summed E-state index contributed by atoms with van der Waals surface area (Å²) in [7, 11) is 0. The summed E-state index contributed by atoms with van der Waals surface area (Å²) < 4.78 is 0. The molecule has 0 heterocycles. The van der Waals surface area contributed by atoms with E-state index in [4.69, 9.17) is 5.73 Å². The SMILES string of the molecule is CCN(CC(N)=O)c1ccccc1CNC(C)C. The highest BCUT2D eigenvalue weighted by atomic mass is 16.1. The minimum absolute atomic E-state index is 0.259. The monoisotopic (exact) mass is 249 g/mol. The van der Waals surface area contributed by atoms with E-state index in [-0.39, 0.29) is 12.5 Å². The molecule has 0 saturated carbocycles. The zero-order valence-electron chi connectivity index (χ0n) is 11.4. The Labute approximate surface area is 109 Å². The van der Waals surface area contributed by atoms with E-state index in [0.29, 0.717) is 6.04 Å². The van der Waals surface area contributed by atoms with E-state index in [1.807, 2.05) is 30.0 Å². The van der Waals surface area contributed by atoms with Gasteiger partial charge in [-0.1, -0.05) is 32.0 Å². The molecule has 4 heteroatoms. The number of carbonyl (C=O) groups excluding carboxylic acids is 1. The molecule has 4 nitrogen and oxygen atoms in total. The first-order chi connectivity index (χ1) is 8.54. The van der Waals surface area contributed by atoms with Crippen LogP contribution in [0.25, 0.3) is 0 Å². The highest BCUT2D eigenvalue weighted by Gasteiger charge is 2.11. The number of nitrogens with one attached hydrogen (secondary N) is 1. The largest absolute Gasteiger partial charge is 0.368 e. The van der Waals surface area contributed by atoms with Crippen molar-refractivity contribution in [3.63, 3.8) is 0 Å². The number of carbonyl (C=O) groups is 1. The molecule has 100 valence electrons. The molecular formula is C14H23N3O. The molecule has 18 heavy (non-hydrogen) atoms. The van der Waals surface area contributed by atoms with Gasteiger partial charge >= 0.3 is 0 Å². The van der Waals surface area contributed by atoms with Gasteiger partial charge in [-0.2, -0.15) is 0 Å². The molecule has 0 spiro atoms. The lowest BCUT2D eigenvalue weighted by Crippen LogP contribution is -2.34. The number of rotatable bonds is 7. The van der Waals surface area contributed by atoms with E-state index in [1.54, 1.807) is 0 Å². The van der Waals surface area contributed by atoms with Crippen LogP contribution in [0.5, 0.6) is 0 Å². The van der Waals surface area contributed by atoms with Gasteiger partial charge in [0.25, 0.3) is 0 Å². The average Bonchev–Trinajstić information content (AvgIpc) is 2.33. The van der Waals surface area contributed by atoms with Crippen LogP contribution in [0.15, 0.2) is 24.3 Å². The van der Waals surface area contributed by atoms with Crippen molar-refractivity contribution in [3.8, 4) is 0 Å². The second-order valence-corrected chi connectivity index (χ2v) is 4.64. The number of amides is 1. The summed E-state index contributed by atoms with van der Waals surface area (Å²) in [5.41, 5.74) is 7.55. The normalized spacial score (nSPS) is 10.7. The van der Waals surface area contributed by atoms with Gasteiger partial charge in [0.1, 0.15) is 0 Å². The van der Waals surface area contributed by atoms with Gasteiger partial charge < -0.3 is 16.0 Å². The fourth-order valence-corrected chi connectivity index (χ4v) is 1.84. The molecule has 3 N–H and O–H groups in total.